The second-order valence-electron chi connectivity index (χ2n) is 6.79. The second kappa shape index (κ2) is 6.17. The van der Waals surface area contributed by atoms with Crippen LogP contribution in [0.15, 0.2) is 6.20 Å². The molecule has 1 aromatic heterocycles. The van der Waals surface area contributed by atoms with E-state index in [4.69, 9.17) is 9.47 Å². The number of aromatic nitrogens is 2. The Morgan fingerprint density at radius 1 is 1.45 bits per heavy atom. The molecule has 1 fully saturated rings. The summed E-state index contributed by atoms with van der Waals surface area (Å²) in [6, 6.07) is 0. The van der Waals surface area contributed by atoms with Crippen molar-refractivity contribution in [1.82, 2.24) is 14.9 Å². The number of nitrogens with zero attached hydrogens (tertiary/aromatic N) is 3. The van der Waals surface area contributed by atoms with Crippen LogP contribution in [0, 0.1) is 10.6 Å². The summed E-state index contributed by atoms with van der Waals surface area (Å²) in [6.07, 6.45) is 2.11. The van der Waals surface area contributed by atoms with Crippen molar-refractivity contribution in [2.75, 3.05) is 13.1 Å². The molecule has 0 N–H and O–H groups in total. The van der Waals surface area contributed by atoms with Gasteiger partial charge in [0.1, 0.15) is 20.6 Å². The summed E-state index contributed by atoms with van der Waals surface area (Å²) in [5, 5.41) is 0. The van der Waals surface area contributed by atoms with Crippen LogP contribution in [0.25, 0.3) is 0 Å². The van der Waals surface area contributed by atoms with E-state index in [9.17, 15) is 4.79 Å². The number of rotatable bonds is 2. The highest BCUT2D eigenvalue weighted by Gasteiger charge is 2.40. The first kappa shape index (κ1) is 17.2. The summed E-state index contributed by atoms with van der Waals surface area (Å²) in [7, 11) is 0. The monoisotopic (exact) mass is 419 g/mol. The summed E-state index contributed by atoms with van der Waals surface area (Å²) >= 11 is 2.12. The van der Waals surface area contributed by atoms with Gasteiger partial charge < -0.3 is 14.4 Å². The number of ether oxygens (including phenoxy) is 2. The second-order valence-corrected chi connectivity index (χ2v) is 7.89. The Labute approximate surface area is 144 Å². The van der Waals surface area contributed by atoms with Crippen LogP contribution in [0.4, 0.5) is 4.79 Å². The number of hydrogen-bond donors (Lipinski definition) is 0. The molecule has 1 atom stereocenters. The standard InChI is InChI=1S/C15H22IN3O3/c1-10-12(17-8-11(16)18-10)21-15(5)6-7-19(9-15)13(20)22-14(2,3)4/h8H,6-7,9H2,1-5H3. The van der Waals surface area contributed by atoms with E-state index in [0.717, 1.165) is 15.8 Å². The lowest BCUT2D eigenvalue weighted by Crippen LogP contribution is -2.40. The van der Waals surface area contributed by atoms with Gasteiger partial charge in [0.05, 0.1) is 12.7 Å². The van der Waals surface area contributed by atoms with Crippen molar-refractivity contribution in [1.29, 1.82) is 0 Å². The van der Waals surface area contributed by atoms with Crippen LogP contribution in [-0.2, 0) is 4.74 Å². The van der Waals surface area contributed by atoms with E-state index in [1.807, 2.05) is 34.6 Å². The number of hydrogen-bond acceptors (Lipinski definition) is 5. The summed E-state index contributed by atoms with van der Waals surface area (Å²) in [4.78, 5) is 22.4. The van der Waals surface area contributed by atoms with E-state index < -0.39 is 11.2 Å². The van der Waals surface area contributed by atoms with E-state index in [1.165, 1.54) is 0 Å². The van der Waals surface area contributed by atoms with E-state index in [0.29, 0.717) is 19.0 Å². The first-order chi connectivity index (χ1) is 10.1. The van der Waals surface area contributed by atoms with Gasteiger partial charge in [0.2, 0.25) is 5.88 Å². The summed E-state index contributed by atoms with van der Waals surface area (Å²) in [6.45, 7) is 10.5. The molecule has 0 saturated carbocycles. The SMILES string of the molecule is Cc1nc(I)cnc1OC1(C)CCN(C(=O)OC(C)(C)C)C1. The molecule has 0 aliphatic carbocycles. The maximum atomic E-state index is 12.1. The third-order valence-electron chi connectivity index (χ3n) is 3.30. The average molecular weight is 419 g/mol. The van der Waals surface area contributed by atoms with Gasteiger partial charge in [-0.15, -0.1) is 0 Å². The lowest BCUT2D eigenvalue weighted by atomic mass is 10.1. The molecule has 1 aliphatic rings. The lowest BCUT2D eigenvalue weighted by Gasteiger charge is -2.27. The predicted octanol–water partition coefficient (Wildman–Crippen LogP) is 3.17. The smallest absolute Gasteiger partial charge is 0.410 e. The molecule has 2 heterocycles. The minimum Gasteiger partial charge on any atom is -0.468 e. The number of halogens is 1. The van der Waals surface area contributed by atoms with Gasteiger partial charge in [0.15, 0.2) is 0 Å². The van der Waals surface area contributed by atoms with E-state index in [1.54, 1.807) is 11.1 Å². The van der Waals surface area contributed by atoms with Crippen LogP contribution in [0.5, 0.6) is 5.88 Å². The topological polar surface area (TPSA) is 64.6 Å². The normalized spacial score (nSPS) is 21.8. The number of carbonyl (C=O) groups is 1. The zero-order valence-corrected chi connectivity index (χ0v) is 15.8. The number of aryl methyl sites for hydroxylation is 1. The minimum absolute atomic E-state index is 0.301. The molecule has 6 nitrogen and oxygen atoms in total. The third kappa shape index (κ3) is 4.44. The number of amides is 1. The highest BCUT2D eigenvalue weighted by atomic mass is 127. The molecular formula is C15H22IN3O3. The molecule has 0 aromatic carbocycles. The van der Waals surface area contributed by atoms with E-state index >= 15 is 0 Å². The fourth-order valence-electron chi connectivity index (χ4n) is 2.27. The van der Waals surface area contributed by atoms with Crippen LogP contribution in [-0.4, -0.2) is 45.3 Å². The first-order valence-corrected chi connectivity index (χ1v) is 8.32. The van der Waals surface area contributed by atoms with Crippen molar-refractivity contribution < 1.29 is 14.3 Å². The van der Waals surface area contributed by atoms with Crippen LogP contribution in [0.3, 0.4) is 0 Å². The van der Waals surface area contributed by atoms with Gasteiger partial charge in [-0.2, -0.15) is 0 Å². The molecular weight excluding hydrogens is 397 g/mol. The van der Waals surface area contributed by atoms with E-state index in [2.05, 4.69) is 32.6 Å². The Bertz CT molecular complexity index is 574. The fraction of sp³-hybridized carbons (Fsp3) is 0.667. The zero-order valence-electron chi connectivity index (χ0n) is 13.6. The molecule has 1 amide bonds. The van der Waals surface area contributed by atoms with Gasteiger partial charge in [0, 0.05) is 13.0 Å². The summed E-state index contributed by atoms with van der Waals surface area (Å²) < 4.78 is 12.3. The maximum Gasteiger partial charge on any atom is 0.410 e. The largest absolute Gasteiger partial charge is 0.468 e. The molecule has 0 spiro atoms. The van der Waals surface area contributed by atoms with Crippen molar-refractivity contribution in [3.63, 3.8) is 0 Å². The minimum atomic E-state index is -0.491. The van der Waals surface area contributed by atoms with Gasteiger partial charge in [-0.05, 0) is 57.2 Å². The van der Waals surface area contributed by atoms with Crippen molar-refractivity contribution in [2.45, 2.75) is 52.2 Å². The van der Waals surface area contributed by atoms with Crippen LogP contribution in [0.1, 0.15) is 39.8 Å². The molecule has 1 aromatic rings. The average Bonchev–Trinajstić information content (AvgIpc) is 2.74. The third-order valence-corrected chi connectivity index (χ3v) is 3.82. The van der Waals surface area contributed by atoms with Gasteiger partial charge in [0.25, 0.3) is 0 Å². The molecule has 1 unspecified atom stereocenters. The molecule has 1 aliphatic heterocycles. The van der Waals surface area contributed by atoms with Crippen molar-refractivity contribution in [3.05, 3.63) is 15.6 Å². The molecule has 2 rings (SSSR count). The number of carbonyl (C=O) groups excluding carboxylic acids is 1. The Kier molecular flexibility index (Phi) is 4.84. The highest BCUT2D eigenvalue weighted by Crippen LogP contribution is 2.29. The lowest BCUT2D eigenvalue weighted by molar-refractivity contribution is 0.0223. The van der Waals surface area contributed by atoms with Gasteiger partial charge in [-0.1, -0.05) is 0 Å². The number of likely N-dealkylation sites (tertiary alicyclic amines) is 1. The van der Waals surface area contributed by atoms with Crippen LogP contribution < -0.4 is 4.74 Å². The molecule has 22 heavy (non-hydrogen) atoms. The molecule has 1 saturated heterocycles. The molecule has 122 valence electrons. The predicted molar refractivity (Wildman–Crippen MR) is 90.9 cm³/mol. The van der Waals surface area contributed by atoms with Crippen LogP contribution in [0.2, 0.25) is 0 Å². The van der Waals surface area contributed by atoms with Gasteiger partial charge in [-0.25, -0.2) is 14.8 Å². The fourth-order valence-corrected chi connectivity index (χ4v) is 2.78. The molecule has 7 heteroatoms. The van der Waals surface area contributed by atoms with Crippen molar-refractivity contribution in [2.24, 2.45) is 0 Å². The molecule has 0 bridgehead atoms. The Hall–Kier alpha value is -1.12. The zero-order chi connectivity index (χ0) is 16.5. The van der Waals surface area contributed by atoms with Gasteiger partial charge >= 0.3 is 6.09 Å². The quantitative estimate of drug-likeness (QED) is 0.690. The van der Waals surface area contributed by atoms with Crippen LogP contribution >= 0.6 is 22.6 Å². The molecule has 0 radical (unpaired) electrons. The van der Waals surface area contributed by atoms with E-state index in [-0.39, 0.29) is 6.09 Å². The highest BCUT2D eigenvalue weighted by molar-refractivity contribution is 14.1. The Morgan fingerprint density at radius 2 is 2.14 bits per heavy atom. The van der Waals surface area contributed by atoms with Gasteiger partial charge in [-0.3, -0.25) is 0 Å². The van der Waals surface area contributed by atoms with Crippen molar-refractivity contribution >= 4 is 28.7 Å². The Balaban J connectivity index is 2.02. The van der Waals surface area contributed by atoms with Crippen molar-refractivity contribution in [3.8, 4) is 5.88 Å². The first-order valence-electron chi connectivity index (χ1n) is 7.24. The maximum absolute atomic E-state index is 12.1. The summed E-state index contributed by atoms with van der Waals surface area (Å²) in [5.74, 6) is 0.522. The summed E-state index contributed by atoms with van der Waals surface area (Å²) in [5.41, 5.74) is -0.207. The Morgan fingerprint density at radius 3 is 2.73 bits per heavy atom.